The van der Waals surface area contributed by atoms with E-state index in [0.717, 1.165) is 22.9 Å². The minimum atomic E-state index is 0.321. The Balaban J connectivity index is 1.89. The number of aromatic amines is 1. The lowest BCUT2D eigenvalue weighted by Crippen LogP contribution is -2.24. The van der Waals surface area contributed by atoms with E-state index < -0.39 is 0 Å². The first-order valence-corrected chi connectivity index (χ1v) is 6.19. The molecule has 3 aromatic rings. The monoisotopic (exact) mass is 257 g/mol. The smallest absolute Gasteiger partial charge is 0.257 e. The summed E-state index contributed by atoms with van der Waals surface area (Å²) < 4.78 is 5.30. The van der Waals surface area contributed by atoms with Gasteiger partial charge in [-0.2, -0.15) is 10.1 Å². The van der Waals surface area contributed by atoms with Gasteiger partial charge in [-0.3, -0.25) is 5.10 Å². The number of rotatable bonds is 4. The van der Waals surface area contributed by atoms with Gasteiger partial charge in [0.1, 0.15) is 0 Å². The highest BCUT2D eigenvalue weighted by atomic mass is 16.5. The molecule has 1 aromatic carbocycles. The van der Waals surface area contributed by atoms with Crippen molar-refractivity contribution in [3.05, 3.63) is 30.2 Å². The molecule has 19 heavy (non-hydrogen) atoms. The number of hydrogen-bond donors (Lipinski definition) is 2. The van der Waals surface area contributed by atoms with Crippen LogP contribution in [0.4, 0.5) is 0 Å². The van der Waals surface area contributed by atoms with Gasteiger partial charge in [0.25, 0.3) is 5.89 Å². The molecule has 0 saturated heterocycles. The molecule has 0 fully saturated rings. The predicted molar refractivity (Wildman–Crippen MR) is 71.6 cm³/mol. The van der Waals surface area contributed by atoms with Crippen molar-refractivity contribution in [2.75, 3.05) is 7.05 Å². The van der Waals surface area contributed by atoms with Gasteiger partial charge >= 0.3 is 0 Å². The number of nitrogens with one attached hydrogen (secondary N) is 2. The molecule has 0 aliphatic rings. The van der Waals surface area contributed by atoms with Crippen LogP contribution >= 0.6 is 0 Å². The van der Waals surface area contributed by atoms with E-state index in [1.807, 2.05) is 25.2 Å². The molecular formula is C13H15N5O. The molecule has 6 heteroatoms. The van der Waals surface area contributed by atoms with E-state index in [1.54, 1.807) is 6.20 Å². The van der Waals surface area contributed by atoms with E-state index in [2.05, 4.69) is 32.6 Å². The van der Waals surface area contributed by atoms with E-state index in [9.17, 15) is 0 Å². The zero-order valence-electron chi connectivity index (χ0n) is 10.8. The number of likely N-dealkylation sites (N-methyl/N-ethyl adjacent to an activating group) is 1. The van der Waals surface area contributed by atoms with Crippen LogP contribution in [0, 0.1) is 0 Å². The lowest BCUT2D eigenvalue weighted by atomic mass is 10.1. The number of H-pyrrole nitrogens is 1. The molecule has 2 N–H and O–H groups in total. The summed E-state index contributed by atoms with van der Waals surface area (Å²) in [7, 11) is 1.92. The van der Waals surface area contributed by atoms with E-state index in [4.69, 9.17) is 4.52 Å². The second-order valence-corrected chi connectivity index (χ2v) is 4.58. The second-order valence-electron chi connectivity index (χ2n) is 4.58. The zero-order valence-corrected chi connectivity index (χ0v) is 10.8. The molecule has 1 atom stereocenters. The first kappa shape index (κ1) is 11.9. The Hall–Kier alpha value is -2.21. The summed E-state index contributed by atoms with van der Waals surface area (Å²) in [6, 6.07) is 6.20. The molecule has 0 radical (unpaired) electrons. The molecule has 2 aromatic heterocycles. The fraction of sp³-hybridized carbons (Fsp3) is 0.308. The molecule has 3 rings (SSSR count). The van der Waals surface area contributed by atoms with Gasteiger partial charge < -0.3 is 9.84 Å². The van der Waals surface area contributed by atoms with Gasteiger partial charge in [0.2, 0.25) is 0 Å². The van der Waals surface area contributed by atoms with E-state index in [0.29, 0.717) is 17.8 Å². The average molecular weight is 257 g/mol. The summed E-state index contributed by atoms with van der Waals surface area (Å²) in [6.45, 7) is 2.08. The fourth-order valence-electron chi connectivity index (χ4n) is 1.91. The number of benzene rings is 1. The van der Waals surface area contributed by atoms with Crippen molar-refractivity contribution in [2.45, 2.75) is 19.4 Å². The molecule has 0 bridgehead atoms. The van der Waals surface area contributed by atoms with Crippen LogP contribution in [0.25, 0.3) is 22.4 Å². The molecule has 0 amide bonds. The average Bonchev–Trinajstić information content (AvgIpc) is 3.05. The third-order valence-corrected chi connectivity index (χ3v) is 3.14. The van der Waals surface area contributed by atoms with Crippen molar-refractivity contribution in [3.8, 4) is 11.5 Å². The Morgan fingerprint density at radius 2 is 2.32 bits per heavy atom. The Labute approximate surface area is 110 Å². The predicted octanol–water partition coefficient (Wildman–Crippen LogP) is 1.76. The van der Waals surface area contributed by atoms with Gasteiger partial charge in [-0.25, -0.2) is 0 Å². The number of nitrogens with zero attached hydrogens (tertiary/aromatic N) is 3. The van der Waals surface area contributed by atoms with E-state index in [1.165, 1.54) is 0 Å². The minimum Gasteiger partial charge on any atom is -0.334 e. The Morgan fingerprint density at radius 1 is 1.42 bits per heavy atom. The minimum absolute atomic E-state index is 0.321. The van der Waals surface area contributed by atoms with Gasteiger partial charge in [-0.1, -0.05) is 5.16 Å². The fourth-order valence-corrected chi connectivity index (χ4v) is 1.91. The van der Waals surface area contributed by atoms with Crippen LogP contribution in [0.2, 0.25) is 0 Å². The van der Waals surface area contributed by atoms with Crippen LogP contribution in [-0.2, 0) is 6.42 Å². The first-order chi connectivity index (χ1) is 9.26. The summed E-state index contributed by atoms with van der Waals surface area (Å²) in [5, 5.41) is 15.1. The van der Waals surface area contributed by atoms with Crippen molar-refractivity contribution in [2.24, 2.45) is 0 Å². The van der Waals surface area contributed by atoms with E-state index >= 15 is 0 Å². The number of hydrogen-bond acceptors (Lipinski definition) is 5. The maximum atomic E-state index is 5.30. The lowest BCUT2D eigenvalue weighted by molar-refractivity contribution is 0.418. The highest BCUT2D eigenvalue weighted by molar-refractivity contribution is 5.82. The summed E-state index contributed by atoms with van der Waals surface area (Å²) in [4.78, 5) is 4.41. The highest BCUT2D eigenvalue weighted by Crippen LogP contribution is 2.22. The van der Waals surface area contributed by atoms with Crippen LogP contribution in [0.3, 0.4) is 0 Å². The van der Waals surface area contributed by atoms with E-state index in [-0.39, 0.29) is 0 Å². The van der Waals surface area contributed by atoms with Crippen LogP contribution in [0.15, 0.2) is 28.9 Å². The zero-order chi connectivity index (χ0) is 13.2. The van der Waals surface area contributed by atoms with Crippen molar-refractivity contribution in [3.63, 3.8) is 0 Å². The van der Waals surface area contributed by atoms with Crippen molar-refractivity contribution in [1.29, 1.82) is 0 Å². The maximum absolute atomic E-state index is 5.30. The summed E-state index contributed by atoms with van der Waals surface area (Å²) in [5.41, 5.74) is 1.90. The quantitative estimate of drug-likeness (QED) is 0.744. The number of aromatic nitrogens is 4. The van der Waals surface area contributed by atoms with Crippen LogP contribution in [0.1, 0.15) is 12.7 Å². The molecule has 98 valence electrons. The van der Waals surface area contributed by atoms with Crippen LogP contribution in [-0.4, -0.2) is 33.4 Å². The molecule has 6 nitrogen and oxygen atoms in total. The molecule has 0 aliphatic carbocycles. The van der Waals surface area contributed by atoms with Gasteiger partial charge in [0, 0.05) is 23.4 Å². The first-order valence-electron chi connectivity index (χ1n) is 6.19. The maximum Gasteiger partial charge on any atom is 0.257 e. The lowest BCUT2D eigenvalue weighted by Gasteiger charge is -2.04. The molecule has 0 aliphatic heterocycles. The molecule has 2 heterocycles. The van der Waals surface area contributed by atoms with Gasteiger partial charge in [0.05, 0.1) is 11.7 Å². The normalized spacial score (nSPS) is 12.9. The highest BCUT2D eigenvalue weighted by Gasteiger charge is 2.11. The van der Waals surface area contributed by atoms with Gasteiger partial charge in [0.15, 0.2) is 5.82 Å². The summed E-state index contributed by atoms with van der Waals surface area (Å²) in [5.74, 6) is 1.26. The second kappa shape index (κ2) is 4.81. The topological polar surface area (TPSA) is 79.6 Å². The molecular weight excluding hydrogens is 242 g/mol. The van der Waals surface area contributed by atoms with Crippen molar-refractivity contribution < 1.29 is 4.52 Å². The molecule has 0 spiro atoms. The Morgan fingerprint density at radius 3 is 3.16 bits per heavy atom. The SMILES string of the molecule is CNC(C)Cc1noc(-c2ccc3[nH]ncc3c2)n1. The summed E-state index contributed by atoms with van der Waals surface area (Å²) >= 11 is 0. The molecule has 1 unspecified atom stereocenters. The van der Waals surface area contributed by atoms with Crippen molar-refractivity contribution >= 4 is 10.9 Å². The Kier molecular flexibility index (Phi) is 3.00. The van der Waals surface area contributed by atoms with Gasteiger partial charge in [-0.15, -0.1) is 0 Å². The standard InChI is InChI=1S/C13H15N5O/c1-8(14-2)5-12-16-13(19-18-12)9-3-4-11-10(6-9)7-15-17-11/h3-4,6-8,14H,5H2,1-2H3,(H,15,17). The third kappa shape index (κ3) is 2.34. The largest absolute Gasteiger partial charge is 0.334 e. The third-order valence-electron chi connectivity index (χ3n) is 3.14. The van der Waals surface area contributed by atoms with Crippen LogP contribution in [0.5, 0.6) is 0 Å². The van der Waals surface area contributed by atoms with Gasteiger partial charge in [-0.05, 0) is 32.2 Å². The summed E-state index contributed by atoms with van der Waals surface area (Å²) in [6.07, 6.45) is 2.52. The van der Waals surface area contributed by atoms with Crippen LogP contribution < -0.4 is 5.32 Å². The molecule has 0 saturated carbocycles. The van der Waals surface area contributed by atoms with Crippen molar-refractivity contribution in [1.82, 2.24) is 25.7 Å². The Bertz CT molecular complexity index is 687. The number of fused-ring (bicyclic) bond motifs is 1.